The van der Waals surface area contributed by atoms with E-state index in [1.165, 1.54) is 17.0 Å². The van der Waals surface area contributed by atoms with Gasteiger partial charge in [-0.05, 0) is 81.1 Å². The molecule has 0 saturated heterocycles. The summed E-state index contributed by atoms with van der Waals surface area (Å²) in [5, 5.41) is 2.94. The SMILES string of the molecule is CC(C)c1ccc(N(CC(=O)N(Cc2cccc(Br)c2)C(C)C(=O)NC(C)(C)C)S(=O)(=O)c2ccccc2)cc1. The van der Waals surface area contributed by atoms with Gasteiger partial charge in [0.1, 0.15) is 12.6 Å². The van der Waals surface area contributed by atoms with Crippen LogP contribution in [0.2, 0.25) is 0 Å². The number of halogens is 1. The van der Waals surface area contributed by atoms with Crippen LogP contribution in [0.5, 0.6) is 0 Å². The van der Waals surface area contributed by atoms with E-state index in [2.05, 4.69) is 35.1 Å². The van der Waals surface area contributed by atoms with Crippen molar-refractivity contribution >= 4 is 43.5 Å². The number of carbonyl (C=O) groups excluding carboxylic acids is 2. The maximum absolute atomic E-state index is 14.0. The summed E-state index contributed by atoms with van der Waals surface area (Å²) >= 11 is 3.46. The molecule has 3 aromatic rings. The highest BCUT2D eigenvalue weighted by Gasteiger charge is 2.33. The molecule has 2 amide bonds. The lowest BCUT2D eigenvalue weighted by Gasteiger charge is -2.33. The predicted octanol–water partition coefficient (Wildman–Crippen LogP) is 6.10. The maximum Gasteiger partial charge on any atom is 0.264 e. The topological polar surface area (TPSA) is 86.8 Å². The highest BCUT2D eigenvalue weighted by Crippen LogP contribution is 2.27. The molecule has 0 aliphatic carbocycles. The summed E-state index contributed by atoms with van der Waals surface area (Å²) in [4.78, 5) is 28.7. The van der Waals surface area contributed by atoms with Crippen molar-refractivity contribution in [3.8, 4) is 0 Å². The molecule has 0 aromatic heterocycles. The molecule has 0 aliphatic rings. The van der Waals surface area contributed by atoms with Crippen LogP contribution in [0.3, 0.4) is 0 Å². The van der Waals surface area contributed by atoms with Crippen LogP contribution in [0.15, 0.2) is 88.2 Å². The number of hydrogen-bond acceptors (Lipinski definition) is 4. The zero-order chi connectivity index (χ0) is 29.7. The minimum atomic E-state index is -4.09. The molecule has 0 saturated carbocycles. The van der Waals surface area contributed by atoms with E-state index < -0.39 is 34.1 Å². The van der Waals surface area contributed by atoms with Crippen LogP contribution in [0.4, 0.5) is 5.69 Å². The van der Waals surface area contributed by atoms with E-state index in [1.807, 2.05) is 57.2 Å². The van der Waals surface area contributed by atoms with Crippen LogP contribution < -0.4 is 9.62 Å². The van der Waals surface area contributed by atoms with Gasteiger partial charge in [-0.1, -0.05) is 72.2 Å². The van der Waals surface area contributed by atoms with Crippen molar-refractivity contribution in [2.45, 2.75) is 70.5 Å². The van der Waals surface area contributed by atoms with Crippen LogP contribution in [-0.4, -0.2) is 43.3 Å². The fourth-order valence-corrected chi connectivity index (χ4v) is 6.04. The number of sulfonamides is 1. The number of nitrogens with zero attached hydrogens (tertiary/aromatic N) is 2. The van der Waals surface area contributed by atoms with E-state index in [4.69, 9.17) is 0 Å². The Morgan fingerprint density at radius 2 is 1.52 bits per heavy atom. The minimum Gasteiger partial charge on any atom is -0.350 e. The van der Waals surface area contributed by atoms with E-state index in [0.29, 0.717) is 5.69 Å². The molecule has 1 atom stereocenters. The quantitative estimate of drug-likeness (QED) is 0.294. The molecule has 1 N–H and O–H groups in total. The largest absolute Gasteiger partial charge is 0.350 e. The van der Waals surface area contributed by atoms with Gasteiger partial charge in [-0.2, -0.15) is 0 Å². The first-order chi connectivity index (χ1) is 18.7. The molecule has 0 bridgehead atoms. The standard InChI is InChI=1S/C31H38BrN3O4S/c1-22(2)25-15-17-27(18-16-25)35(40(38,39)28-13-8-7-9-14-28)21-29(36)34(20-24-11-10-12-26(32)19-24)23(3)30(37)33-31(4,5)6/h7-19,22-23H,20-21H2,1-6H3,(H,33,37). The molecular formula is C31H38BrN3O4S. The average Bonchev–Trinajstić information content (AvgIpc) is 2.89. The van der Waals surface area contributed by atoms with Gasteiger partial charge < -0.3 is 10.2 Å². The van der Waals surface area contributed by atoms with Gasteiger partial charge in [0.15, 0.2) is 0 Å². The van der Waals surface area contributed by atoms with Crippen molar-refractivity contribution in [2.24, 2.45) is 0 Å². The minimum absolute atomic E-state index is 0.0767. The summed E-state index contributed by atoms with van der Waals surface area (Å²) < 4.78 is 29.7. The van der Waals surface area contributed by atoms with E-state index in [-0.39, 0.29) is 23.3 Å². The van der Waals surface area contributed by atoms with Gasteiger partial charge in [0.05, 0.1) is 10.6 Å². The van der Waals surface area contributed by atoms with Crippen molar-refractivity contribution < 1.29 is 18.0 Å². The fraction of sp³-hybridized carbons (Fsp3) is 0.355. The maximum atomic E-state index is 14.0. The third kappa shape index (κ3) is 8.17. The Hall–Kier alpha value is -3.17. The first kappa shape index (κ1) is 31.4. The molecule has 0 spiro atoms. The summed E-state index contributed by atoms with van der Waals surface area (Å²) in [6, 6.07) is 21.8. The number of amides is 2. The predicted molar refractivity (Wildman–Crippen MR) is 164 cm³/mol. The van der Waals surface area contributed by atoms with Crippen molar-refractivity contribution in [2.75, 3.05) is 10.8 Å². The Labute approximate surface area is 246 Å². The lowest BCUT2D eigenvalue weighted by molar-refractivity contribution is -0.140. The van der Waals surface area contributed by atoms with Crippen molar-refractivity contribution in [3.63, 3.8) is 0 Å². The smallest absolute Gasteiger partial charge is 0.264 e. The normalized spacial score (nSPS) is 12.6. The molecule has 3 rings (SSSR count). The fourth-order valence-electron chi connectivity index (χ4n) is 4.16. The lowest BCUT2D eigenvalue weighted by Crippen LogP contribution is -2.54. The summed E-state index contributed by atoms with van der Waals surface area (Å²) in [6.45, 7) is 11.0. The second-order valence-electron chi connectivity index (χ2n) is 11.1. The highest BCUT2D eigenvalue weighted by atomic mass is 79.9. The molecule has 0 radical (unpaired) electrons. The summed E-state index contributed by atoms with van der Waals surface area (Å²) in [5.41, 5.74) is 1.72. The Morgan fingerprint density at radius 3 is 2.08 bits per heavy atom. The van der Waals surface area contributed by atoms with Crippen molar-refractivity contribution in [3.05, 3.63) is 94.5 Å². The zero-order valence-corrected chi connectivity index (χ0v) is 26.3. The van der Waals surface area contributed by atoms with Crippen LogP contribution in [-0.2, 0) is 26.2 Å². The first-order valence-electron chi connectivity index (χ1n) is 13.2. The molecule has 214 valence electrons. The molecular weight excluding hydrogens is 590 g/mol. The van der Waals surface area contributed by atoms with E-state index >= 15 is 0 Å². The lowest BCUT2D eigenvalue weighted by atomic mass is 10.0. The van der Waals surface area contributed by atoms with Gasteiger partial charge >= 0.3 is 0 Å². The molecule has 0 aliphatic heterocycles. The second-order valence-corrected chi connectivity index (χ2v) is 13.9. The van der Waals surface area contributed by atoms with Crippen LogP contribution in [0.1, 0.15) is 58.6 Å². The van der Waals surface area contributed by atoms with Crippen molar-refractivity contribution in [1.82, 2.24) is 10.2 Å². The number of rotatable bonds is 10. The number of anilines is 1. The van der Waals surface area contributed by atoms with Crippen LogP contribution in [0, 0.1) is 0 Å². The Bertz CT molecular complexity index is 1420. The van der Waals surface area contributed by atoms with Gasteiger partial charge in [-0.25, -0.2) is 8.42 Å². The Morgan fingerprint density at radius 1 is 0.900 bits per heavy atom. The van der Waals surface area contributed by atoms with Gasteiger partial charge in [0, 0.05) is 16.6 Å². The Kier molecular flexibility index (Phi) is 10.2. The Balaban J connectivity index is 2.04. The van der Waals surface area contributed by atoms with Gasteiger partial charge in [-0.15, -0.1) is 0 Å². The van der Waals surface area contributed by atoms with Crippen LogP contribution >= 0.6 is 15.9 Å². The van der Waals surface area contributed by atoms with Crippen molar-refractivity contribution in [1.29, 1.82) is 0 Å². The molecule has 1 unspecified atom stereocenters. The third-order valence-corrected chi connectivity index (χ3v) is 8.65. The number of benzene rings is 3. The molecule has 7 nitrogen and oxygen atoms in total. The average molecular weight is 629 g/mol. The van der Waals surface area contributed by atoms with Crippen LogP contribution in [0.25, 0.3) is 0 Å². The monoisotopic (exact) mass is 627 g/mol. The molecule has 40 heavy (non-hydrogen) atoms. The molecule has 3 aromatic carbocycles. The van der Waals surface area contributed by atoms with Gasteiger partial charge in [-0.3, -0.25) is 13.9 Å². The van der Waals surface area contributed by atoms with E-state index in [9.17, 15) is 18.0 Å². The molecule has 0 heterocycles. The number of hydrogen-bond donors (Lipinski definition) is 1. The molecule has 0 fully saturated rings. The van der Waals surface area contributed by atoms with E-state index in [1.54, 1.807) is 37.3 Å². The third-order valence-electron chi connectivity index (χ3n) is 6.37. The number of nitrogens with one attached hydrogen (secondary N) is 1. The summed E-state index contributed by atoms with van der Waals surface area (Å²) in [5.74, 6) is -0.559. The first-order valence-corrected chi connectivity index (χ1v) is 15.5. The second kappa shape index (κ2) is 13.0. The van der Waals surface area contributed by atoms with E-state index in [0.717, 1.165) is 19.9 Å². The highest BCUT2D eigenvalue weighted by molar-refractivity contribution is 9.10. The number of carbonyl (C=O) groups is 2. The van der Waals surface area contributed by atoms with Gasteiger partial charge in [0.25, 0.3) is 10.0 Å². The summed E-state index contributed by atoms with van der Waals surface area (Å²) in [7, 11) is -4.09. The summed E-state index contributed by atoms with van der Waals surface area (Å²) in [6.07, 6.45) is 0. The zero-order valence-electron chi connectivity index (χ0n) is 23.9. The molecule has 9 heteroatoms. The van der Waals surface area contributed by atoms with Gasteiger partial charge in [0.2, 0.25) is 11.8 Å².